The second-order valence-electron chi connectivity index (χ2n) is 5.68. The van der Waals surface area contributed by atoms with Gasteiger partial charge in [-0.3, -0.25) is 9.52 Å². The highest BCUT2D eigenvalue weighted by molar-refractivity contribution is 7.93. The van der Waals surface area contributed by atoms with Crippen LogP contribution in [0.4, 0.5) is 10.8 Å². The van der Waals surface area contributed by atoms with Crippen LogP contribution in [-0.2, 0) is 17.1 Å². The van der Waals surface area contributed by atoms with Gasteiger partial charge in [0.25, 0.3) is 15.9 Å². The van der Waals surface area contributed by atoms with Crippen LogP contribution in [0.5, 0.6) is 0 Å². The highest BCUT2D eigenvalue weighted by atomic mass is 32.2. The number of benzene rings is 1. The standard InChI is InChI=1S/C17H14N4O4S2/c1-21-13-6-8-25-15(13)10-14(21)16(22)19-11-2-4-12(5-3-11)27(23,24)20-17-18-7-9-26-17/h2-10H,1H3,(H,18,20)(H,19,22). The third kappa shape index (κ3) is 3.32. The van der Waals surface area contributed by atoms with Crippen molar-refractivity contribution in [1.29, 1.82) is 0 Å². The van der Waals surface area contributed by atoms with Crippen molar-refractivity contribution in [1.82, 2.24) is 9.55 Å². The van der Waals surface area contributed by atoms with Crippen molar-refractivity contribution in [3.05, 3.63) is 59.9 Å². The van der Waals surface area contributed by atoms with Gasteiger partial charge in [-0.1, -0.05) is 0 Å². The lowest BCUT2D eigenvalue weighted by Crippen LogP contribution is -2.16. The maximum atomic E-state index is 12.5. The minimum Gasteiger partial charge on any atom is -0.463 e. The number of sulfonamides is 1. The molecular weight excluding hydrogens is 388 g/mol. The molecule has 3 heterocycles. The number of aryl methyl sites for hydroxylation is 1. The molecule has 2 N–H and O–H groups in total. The van der Waals surface area contributed by atoms with Gasteiger partial charge < -0.3 is 14.3 Å². The molecule has 8 nitrogen and oxygen atoms in total. The number of fused-ring (bicyclic) bond motifs is 1. The first-order chi connectivity index (χ1) is 12.9. The monoisotopic (exact) mass is 402 g/mol. The van der Waals surface area contributed by atoms with Gasteiger partial charge in [0.1, 0.15) is 5.69 Å². The van der Waals surface area contributed by atoms with Crippen molar-refractivity contribution in [2.45, 2.75) is 4.90 Å². The van der Waals surface area contributed by atoms with E-state index < -0.39 is 10.0 Å². The second-order valence-corrected chi connectivity index (χ2v) is 8.26. The fourth-order valence-corrected chi connectivity index (χ4v) is 4.42. The number of aromatic nitrogens is 2. The highest BCUT2D eigenvalue weighted by Gasteiger charge is 2.17. The molecule has 4 aromatic rings. The molecule has 0 saturated carbocycles. The van der Waals surface area contributed by atoms with E-state index in [0.717, 1.165) is 5.52 Å². The topological polar surface area (TPSA) is 106 Å². The van der Waals surface area contributed by atoms with Crippen molar-refractivity contribution in [2.24, 2.45) is 7.05 Å². The molecule has 0 fully saturated rings. The first kappa shape index (κ1) is 17.3. The summed E-state index contributed by atoms with van der Waals surface area (Å²) in [6, 6.07) is 9.33. The molecule has 1 aromatic carbocycles. The first-order valence-corrected chi connectivity index (χ1v) is 10.2. The third-order valence-corrected chi connectivity index (χ3v) is 6.15. The number of thiazole rings is 1. The molecule has 0 spiro atoms. The van der Waals surface area contributed by atoms with E-state index in [-0.39, 0.29) is 10.8 Å². The van der Waals surface area contributed by atoms with Gasteiger partial charge in [-0.25, -0.2) is 13.4 Å². The van der Waals surface area contributed by atoms with E-state index in [1.807, 2.05) is 0 Å². The number of anilines is 2. The van der Waals surface area contributed by atoms with Gasteiger partial charge in [0.05, 0.1) is 16.7 Å². The molecule has 3 aromatic heterocycles. The number of carbonyl (C=O) groups is 1. The molecule has 4 rings (SSSR count). The number of furan rings is 1. The number of hydrogen-bond donors (Lipinski definition) is 2. The SMILES string of the molecule is Cn1c(C(=O)Nc2ccc(S(=O)(=O)Nc3nccs3)cc2)cc2occc21. The molecule has 1 amide bonds. The normalized spacial score (nSPS) is 11.6. The molecule has 27 heavy (non-hydrogen) atoms. The molecule has 0 aliphatic heterocycles. The Morgan fingerprint density at radius 2 is 2.00 bits per heavy atom. The summed E-state index contributed by atoms with van der Waals surface area (Å²) in [5.74, 6) is -0.319. The lowest BCUT2D eigenvalue weighted by Gasteiger charge is -2.08. The number of nitrogens with zero attached hydrogens (tertiary/aromatic N) is 2. The molecule has 0 aliphatic carbocycles. The molecular formula is C17H14N4O4S2. The average Bonchev–Trinajstić information content (AvgIpc) is 3.35. The number of rotatable bonds is 5. The fourth-order valence-electron chi connectivity index (χ4n) is 2.63. The summed E-state index contributed by atoms with van der Waals surface area (Å²) in [6.07, 6.45) is 3.08. The lowest BCUT2D eigenvalue weighted by atomic mass is 10.3. The summed E-state index contributed by atoms with van der Waals surface area (Å²) in [5, 5.41) is 4.72. The van der Waals surface area contributed by atoms with E-state index in [1.165, 1.54) is 41.8 Å². The fraction of sp³-hybridized carbons (Fsp3) is 0.0588. The van der Waals surface area contributed by atoms with Crippen LogP contribution in [0.3, 0.4) is 0 Å². The van der Waals surface area contributed by atoms with Crippen LogP contribution in [0, 0.1) is 0 Å². The van der Waals surface area contributed by atoms with Crippen molar-refractivity contribution < 1.29 is 17.6 Å². The van der Waals surface area contributed by atoms with Crippen LogP contribution >= 0.6 is 11.3 Å². The zero-order valence-corrected chi connectivity index (χ0v) is 15.7. The Kier molecular flexibility index (Phi) is 4.21. The van der Waals surface area contributed by atoms with Crippen LogP contribution in [0.1, 0.15) is 10.5 Å². The molecule has 0 bridgehead atoms. The van der Waals surface area contributed by atoms with Crippen LogP contribution in [0.2, 0.25) is 0 Å². The van der Waals surface area contributed by atoms with Gasteiger partial charge in [0.2, 0.25) is 0 Å². The summed E-state index contributed by atoms with van der Waals surface area (Å²) < 4.78 is 34.1. The first-order valence-electron chi connectivity index (χ1n) is 7.81. The van der Waals surface area contributed by atoms with E-state index in [1.54, 1.807) is 35.4 Å². The summed E-state index contributed by atoms with van der Waals surface area (Å²) in [7, 11) is -1.96. The van der Waals surface area contributed by atoms with Crippen LogP contribution in [-0.4, -0.2) is 23.9 Å². The summed E-state index contributed by atoms with van der Waals surface area (Å²) in [5.41, 5.74) is 2.35. The van der Waals surface area contributed by atoms with Crippen molar-refractivity contribution in [3.63, 3.8) is 0 Å². The zero-order chi connectivity index (χ0) is 19.0. The minimum absolute atomic E-state index is 0.0760. The Hall–Kier alpha value is -3.11. The van der Waals surface area contributed by atoms with Crippen LogP contribution in [0.15, 0.2) is 63.6 Å². The summed E-state index contributed by atoms with van der Waals surface area (Å²) in [6.45, 7) is 0. The maximum Gasteiger partial charge on any atom is 0.272 e. The molecule has 138 valence electrons. The third-order valence-electron chi connectivity index (χ3n) is 3.97. The molecule has 0 radical (unpaired) electrons. The Balaban J connectivity index is 1.51. The van der Waals surface area contributed by atoms with Gasteiger partial charge in [-0.2, -0.15) is 0 Å². The Morgan fingerprint density at radius 3 is 2.67 bits per heavy atom. The summed E-state index contributed by atoms with van der Waals surface area (Å²) in [4.78, 5) is 16.5. The minimum atomic E-state index is -3.73. The number of amides is 1. The number of hydrogen-bond acceptors (Lipinski definition) is 6. The number of nitrogens with one attached hydrogen (secondary N) is 2. The van der Waals surface area contributed by atoms with E-state index in [9.17, 15) is 13.2 Å². The van der Waals surface area contributed by atoms with E-state index in [2.05, 4.69) is 15.0 Å². The van der Waals surface area contributed by atoms with E-state index >= 15 is 0 Å². The predicted molar refractivity (Wildman–Crippen MR) is 103 cm³/mol. The van der Waals surface area contributed by atoms with Crippen LogP contribution in [0.25, 0.3) is 11.1 Å². The lowest BCUT2D eigenvalue weighted by molar-refractivity contribution is 0.101. The average molecular weight is 402 g/mol. The van der Waals surface area contributed by atoms with Crippen LogP contribution < -0.4 is 10.0 Å². The Bertz CT molecular complexity index is 1210. The van der Waals surface area contributed by atoms with E-state index in [4.69, 9.17) is 4.42 Å². The molecule has 0 saturated heterocycles. The second kappa shape index (κ2) is 6.56. The quantitative estimate of drug-likeness (QED) is 0.533. The summed E-state index contributed by atoms with van der Waals surface area (Å²) >= 11 is 1.19. The zero-order valence-electron chi connectivity index (χ0n) is 14.0. The van der Waals surface area contributed by atoms with Gasteiger partial charge in [0, 0.05) is 36.4 Å². The molecule has 0 atom stereocenters. The predicted octanol–water partition coefficient (Wildman–Crippen LogP) is 3.28. The molecule has 0 unspecified atom stereocenters. The molecule has 0 aliphatic rings. The maximum absolute atomic E-state index is 12.5. The number of carbonyl (C=O) groups excluding carboxylic acids is 1. The smallest absolute Gasteiger partial charge is 0.272 e. The van der Waals surface area contributed by atoms with Gasteiger partial charge in [0.15, 0.2) is 10.7 Å². The van der Waals surface area contributed by atoms with Crippen molar-refractivity contribution in [3.8, 4) is 0 Å². The molecule has 10 heteroatoms. The Morgan fingerprint density at radius 1 is 1.22 bits per heavy atom. The van der Waals surface area contributed by atoms with Gasteiger partial charge in [-0.15, -0.1) is 11.3 Å². The Labute approximate surface area is 158 Å². The van der Waals surface area contributed by atoms with E-state index in [0.29, 0.717) is 22.1 Å². The largest absolute Gasteiger partial charge is 0.463 e. The van der Waals surface area contributed by atoms with Gasteiger partial charge in [-0.05, 0) is 24.3 Å². The van der Waals surface area contributed by atoms with Crippen molar-refractivity contribution in [2.75, 3.05) is 10.0 Å². The van der Waals surface area contributed by atoms with Crippen molar-refractivity contribution >= 4 is 49.2 Å². The highest BCUT2D eigenvalue weighted by Crippen LogP contribution is 2.22. The van der Waals surface area contributed by atoms with Gasteiger partial charge >= 0.3 is 0 Å².